The highest BCUT2D eigenvalue weighted by Gasteiger charge is 2.31. The molecule has 0 rings (SSSR count). The van der Waals surface area contributed by atoms with Gasteiger partial charge in [0.1, 0.15) is 18.1 Å². The minimum absolute atomic E-state index is 0.00997. The number of hydrogen-bond acceptors (Lipinski definition) is 7. The minimum atomic E-state index is -1.74. The van der Waals surface area contributed by atoms with Crippen LogP contribution in [0, 0.1) is 11.8 Å². The molecule has 0 aromatic carbocycles. The summed E-state index contributed by atoms with van der Waals surface area (Å²) in [6.45, 7) is 6.44. The number of carbonyl (C=O) groups is 5. The van der Waals surface area contributed by atoms with E-state index in [-0.39, 0.29) is 18.3 Å². The second-order valence-electron chi connectivity index (χ2n) is 7.84. The summed E-state index contributed by atoms with van der Waals surface area (Å²) < 4.78 is 0. The van der Waals surface area contributed by atoms with Crippen molar-refractivity contribution in [2.24, 2.45) is 17.6 Å². The van der Waals surface area contributed by atoms with Crippen molar-refractivity contribution in [2.75, 3.05) is 6.61 Å². The van der Waals surface area contributed by atoms with Crippen LogP contribution >= 0.6 is 0 Å². The predicted octanol–water partition coefficient (Wildman–Crippen LogP) is -1.59. The number of nitrogens with one attached hydrogen (secondary N) is 3. The van der Waals surface area contributed by atoms with E-state index < -0.39 is 66.9 Å². The summed E-state index contributed by atoms with van der Waals surface area (Å²) in [5.41, 5.74) is 5.90. The molecular weight excluding hydrogens is 412 g/mol. The van der Waals surface area contributed by atoms with Crippen LogP contribution in [0.5, 0.6) is 0 Å². The van der Waals surface area contributed by atoms with Crippen molar-refractivity contribution in [1.82, 2.24) is 16.0 Å². The molecular formula is C19H34N4O8. The molecule has 0 spiro atoms. The third-order valence-corrected chi connectivity index (χ3v) is 4.71. The van der Waals surface area contributed by atoms with Crippen LogP contribution in [0.3, 0.4) is 0 Å². The molecule has 0 fully saturated rings. The normalized spacial score (nSPS) is 15.8. The molecule has 5 unspecified atom stereocenters. The van der Waals surface area contributed by atoms with Crippen molar-refractivity contribution in [3.05, 3.63) is 0 Å². The van der Waals surface area contributed by atoms with E-state index in [0.717, 1.165) is 0 Å². The highest BCUT2D eigenvalue weighted by molar-refractivity contribution is 5.94. The van der Waals surface area contributed by atoms with Gasteiger partial charge < -0.3 is 37.0 Å². The zero-order valence-corrected chi connectivity index (χ0v) is 18.3. The van der Waals surface area contributed by atoms with Crippen LogP contribution < -0.4 is 21.7 Å². The molecule has 12 heteroatoms. The Hall–Kier alpha value is -2.73. The van der Waals surface area contributed by atoms with Gasteiger partial charge in [0.05, 0.1) is 19.1 Å². The third kappa shape index (κ3) is 10.2. The van der Waals surface area contributed by atoms with Crippen LogP contribution in [-0.4, -0.2) is 75.8 Å². The first kappa shape index (κ1) is 28.3. The molecule has 8 N–H and O–H groups in total. The molecule has 31 heavy (non-hydrogen) atoms. The molecule has 0 radical (unpaired) electrons. The van der Waals surface area contributed by atoms with Gasteiger partial charge in [0.2, 0.25) is 17.7 Å². The lowest BCUT2D eigenvalue weighted by atomic mass is 9.97. The fraction of sp³-hybridized carbons (Fsp3) is 0.737. The summed E-state index contributed by atoms with van der Waals surface area (Å²) in [4.78, 5) is 59.2. The first-order valence-electron chi connectivity index (χ1n) is 10.1. The number of hydrogen-bond donors (Lipinski definition) is 7. The maximum absolute atomic E-state index is 12.7. The van der Waals surface area contributed by atoms with E-state index >= 15 is 0 Å². The van der Waals surface area contributed by atoms with E-state index in [4.69, 9.17) is 15.9 Å². The Kier molecular flexibility index (Phi) is 12.4. The molecule has 0 aliphatic heterocycles. The Morgan fingerprint density at radius 2 is 1.32 bits per heavy atom. The van der Waals surface area contributed by atoms with Crippen molar-refractivity contribution in [1.29, 1.82) is 0 Å². The molecule has 12 nitrogen and oxygen atoms in total. The molecule has 0 aliphatic carbocycles. The maximum atomic E-state index is 12.7. The van der Waals surface area contributed by atoms with E-state index in [0.29, 0.717) is 6.42 Å². The number of nitrogens with two attached hydrogens (primary N) is 1. The zero-order chi connectivity index (χ0) is 24.3. The van der Waals surface area contributed by atoms with Gasteiger partial charge in [0.15, 0.2) is 0 Å². The number of aliphatic hydroxyl groups excluding tert-OH is 1. The topological polar surface area (TPSA) is 208 Å². The molecule has 5 atom stereocenters. The Labute approximate surface area is 180 Å². The van der Waals surface area contributed by atoms with E-state index in [1.54, 1.807) is 6.92 Å². The van der Waals surface area contributed by atoms with Crippen LogP contribution in [0.4, 0.5) is 0 Å². The fourth-order valence-electron chi connectivity index (χ4n) is 2.60. The molecule has 0 bridgehead atoms. The number of carbonyl (C=O) groups excluding carboxylic acids is 3. The minimum Gasteiger partial charge on any atom is -0.481 e. The van der Waals surface area contributed by atoms with Gasteiger partial charge in [0.25, 0.3) is 0 Å². The average molecular weight is 447 g/mol. The molecule has 0 heterocycles. The van der Waals surface area contributed by atoms with E-state index in [9.17, 15) is 29.1 Å². The average Bonchev–Trinajstić information content (AvgIpc) is 2.68. The number of rotatable bonds is 14. The van der Waals surface area contributed by atoms with Crippen LogP contribution in [0.15, 0.2) is 0 Å². The number of aliphatic hydroxyl groups is 1. The molecule has 0 aromatic heterocycles. The summed E-state index contributed by atoms with van der Waals surface area (Å²) in [6, 6.07) is -5.16. The largest absolute Gasteiger partial charge is 0.481 e. The molecule has 0 aromatic rings. The Morgan fingerprint density at radius 3 is 1.74 bits per heavy atom. The van der Waals surface area contributed by atoms with Crippen molar-refractivity contribution < 1.29 is 39.3 Å². The lowest BCUT2D eigenvalue weighted by Crippen LogP contribution is -2.58. The molecule has 0 aliphatic rings. The van der Waals surface area contributed by atoms with Crippen molar-refractivity contribution >= 4 is 29.7 Å². The summed E-state index contributed by atoms with van der Waals surface area (Å²) in [7, 11) is 0. The van der Waals surface area contributed by atoms with Gasteiger partial charge in [-0.25, -0.2) is 4.79 Å². The van der Waals surface area contributed by atoms with Gasteiger partial charge in [-0.3, -0.25) is 19.2 Å². The number of amides is 3. The standard InChI is InChI=1S/C19H34N4O8/c1-5-10(4)15(20)18(29)21-11(6-9(2)3)16(27)23-13(8-24)17(28)22-12(19(30)31)7-14(25)26/h9-13,15,24H,5-8,20H2,1-4H3,(H,21,29)(H,22,28)(H,23,27)(H,25,26)(H,30,31). The SMILES string of the molecule is CCC(C)C(N)C(=O)NC(CC(C)C)C(=O)NC(CO)C(=O)NC(CC(=O)O)C(=O)O. The van der Waals surface area contributed by atoms with E-state index in [1.807, 2.05) is 26.1 Å². The molecule has 0 saturated heterocycles. The Morgan fingerprint density at radius 1 is 0.839 bits per heavy atom. The van der Waals surface area contributed by atoms with Crippen LogP contribution in [0.2, 0.25) is 0 Å². The van der Waals surface area contributed by atoms with Gasteiger partial charge in [0, 0.05) is 0 Å². The smallest absolute Gasteiger partial charge is 0.326 e. The molecule has 0 saturated carbocycles. The summed E-state index contributed by atoms with van der Waals surface area (Å²) in [5, 5.41) is 34.0. The predicted molar refractivity (Wildman–Crippen MR) is 110 cm³/mol. The monoisotopic (exact) mass is 446 g/mol. The van der Waals surface area contributed by atoms with Gasteiger partial charge in [-0.15, -0.1) is 0 Å². The second-order valence-corrected chi connectivity index (χ2v) is 7.84. The van der Waals surface area contributed by atoms with Crippen molar-refractivity contribution in [3.8, 4) is 0 Å². The highest BCUT2D eigenvalue weighted by atomic mass is 16.4. The van der Waals surface area contributed by atoms with Crippen molar-refractivity contribution in [3.63, 3.8) is 0 Å². The van der Waals surface area contributed by atoms with Gasteiger partial charge in [-0.05, 0) is 18.3 Å². The molecule has 3 amide bonds. The lowest BCUT2D eigenvalue weighted by molar-refractivity contribution is -0.147. The van der Waals surface area contributed by atoms with E-state index in [2.05, 4.69) is 10.6 Å². The summed E-state index contributed by atoms with van der Waals surface area (Å²) in [6.07, 6.45) is -0.00247. The second kappa shape index (κ2) is 13.5. The number of aliphatic carboxylic acids is 2. The van der Waals surface area contributed by atoms with E-state index in [1.165, 1.54) is 0 Å². The Bertz CT molecular complexity index is 655. The van der Waals surface area contributed by atoms with Crippen LogP contribution in [0.1, 0.15) is 47.0 Å². The third-order valence-electron chi connectivity index (χ3n) is 4.71. The van der Waals surface area contributed by atoms with Crippen molar-refractivity contribution in [2.45, 2.75) is 71.1 Å². The maximum Gasteiger partial charge on any atom is 0.326 e. The Balaban J connectivity index is 5.29. The summed E-state index contributed by atoms with van der Waals surface area (Å²) in [5.74, 6) is -5.54. The molecule has 178 valence electrons. The van der Waals surface area contributed by atoms with Gasteiger partial charge in [-0.2, -0.15) is 0 Å². The van der Waals surface area contributed by atoms with Gasteiger partial charge in [-0.1, -0.05) is 34.1 Å². The zero-order valence-electron chi connectivity index (χ0n) is 18.3. The first-order chi connectivity index (χ1) is 14.3. The number of carboxylic acid groups (broad SMARTS) is 2. The van der Waals surface area contributed by atoms with Crippen LogP contribution in [0.25, 0.3) is 0 Å². The lowest BCUT2D eigenvalue weighted by Gasteiger charge is -2.26. The quantitative estimate of drug-likeness (QED) is 0.164. The highest BCUT2D eigenvalue weighted by Crippen LogP contribution is 2.09. The fourth-order valence-corrected chi connectivity index (χ4v) is 2.60. The van der Waals surface area contributed by atoms with Gasteiger partial charge >= 0.3 is 11.9 Å². The first-order valence-corrected chi connectivity index (χ1v) is 10.1. The number of carboxylic acids is 2. The summed E-state index contributed by atoms with van der Waals surface area (Å²) >= 11 is 0. The van der Waals surface area contributed by atoms with Crippen LogP contribution in [-0.2, 0) is 24.0 Å².